The average molecular weight is 289 g/mol. The highest BCUT2D eigenvalue weighted by atomic mass is 32.1. The summed E-state index contributed by atoms with van der Waals surface area (Å²) in [7, 11) is 0. The van der Waals surface area contributed by atoms with Gasteiger partial charge in [-0.1, -0.05) is 30.3 Å². The Balaban J connectivity index is 1.85. The normalized spacial score (nSPS) is 10.9. The summed E-state index contributed by atoms with van der Waals surface area (Å²) >= 11 is 1.51. The van der Waals surface area contributed by atoms with Crippen molar-refractivity contribution in [2.75, 3.05) is 0 Å². The predicted octanol–water partition coefficient (Wildman–Crippen LogP) is 4.42. The van der Waals surface area contributed by atoms with Crippen molar-refractivity contribution in [3.8, 4) is 22.5 Å². The van der Waals surface area contributed by atoms with E-state index in [1.54, 1.807) is 6.20 Å². The minimum absolute atomic E-state index is 0.930. The molecule has 4 rings (SSSR count). The topological polar surface area (TPSA) is 38.7 Å². The first-order valence-electron chi connectivity index (χ1n) is 6.63. The van der Waals surface area contributed by atoms with Crippen molar-refractivity contribution in [3.63, 3.8) is 0 Å². The molecule has 100 valence electrons. The molecule has 0 bridgehead atoms. The Bertz CT molecular complexity index is 886. The number of fused-ring (bicyclic) bond motifs is 1. The monoisotopic (exact) mass is 289 g/mol. The molecule has 4 aromatic rings. The van der Waals surface area contributed by atoms with E-state index in [0.29, 0.717) is 0 Å². The maximum Gasteiger partial charge on any atom is 0.0934 e. The van der Waals surface area contributed by atoms with Crippen LogP contribution in [0.5, 0.6) is 0 Å². The minimum atomic E-state index is 0.930. The van der Waals surface area contributed by atoms with E-state index in [9.17, 15) is 0 Å². The second-order valence-electron chi connectivity index (χ2n) is 4.70. The van der Waals surface area contributed by atoms with Crippen molar-refractivity contribution < 1.29 is 0 Å². The third-order valence-corrected chi connectivity index (χ3v) is 4.17. The first kappa shape index (κ1) is 12.2. The van der Waals surface area contributed by atoms with E-state index in [-0.39, 0.29) is 0 Å². The van der Waals surface area contributed by atoms with Crippen molar-refractivity contribution in [1.82, 2.24) is 14.3 Å². The molecule has 3 nitrogen and oxygen atoms in total. The van der Waals surface area contributed by atoms with Crippen molar-refractivity contribution >= 4 is 21.6 Å². The molecule has 0 N–H and O–H groups in total. The fourth-order valence-electron chi connectivity index (χ4n) is 2.31. The summed E-state index contributed by atoms with van der Waals surface area (Å²) in [5.74, 6) is 0. The Labute approximate surface area is 126 Å². The molecule has 0 aliphatic rings. The van der Waals surface area contributed by atoms with Gasteiger partial charge in [0, 0.05) is 35.1 Å². The highest BCUT2D eigenvalue weighted by molar-refractivity contribution is 7.13. The summed E-state index contributed by atoms with van der Waals surface area (Å²) in [6, 6.07) is 16.2. The van der Waals surface area contributed by atoms with Crippen molar-refractivity contribution in [3.05, 3.63) is 67.1 Å². The zero-order valence-electron chi connectivity index (χ0n) is 11.1. The number of hydrogen-bond donors (Lipinski definition) is 0. The van der Waals surface area contributed by atoms with E-state index in [2.05, 4.69) is 32.5 Å². The Kier molecular flexibility index (Phi) is 2.94. The molecule has 0 atom stereocenters. The summed E-state index contributed by atoms with van der Waals surface area (Å²) in [4.78, 5) is 8.70. The lowest BCUT2D eigenvalue weighted by Crippen LogP contribution is -1.84. The summed E-state index contributed by atoms with van der Waals surface area (Å²) in [6.45, 7) is 0. The molecule has 0 spiro atoms. The zero-order chi connectivity index (χ0) is 14.1. The van der Waals surface area contributed by atoms with Crippen LogP contribution in [0.2, 0.25) is 0 Å². The molecule has 0 saturated carbocycles. The van der Waals surface area contributed by atoms with Crippen LogP contribution < -0.4 is 0 Å². The fourth-order valence-corrected chi connectivity index (χ4v) is 3.12. The lowest BCUT2D eigenvalue weighted by atomic mass is 10.1. The van der Waals surface area contributed by atoms with Crippen LogP contribution in [-0.4, -0.2) is 14.3 Å². The van der Waals surface area contributed by atoms with E-state index >= 15 is 0 Å². The van der Waals surface area contributed by atoms with E-state index in [4.69, 9.17) is 0 Å². The van der Waals surface area contributed by atoms with Crippen molar-refractivity contribution in [2.45, 2.75) is 0 Å². The molecule has 0 fully saturated rings. The molecule has 1 aromatic carbocycles. The van der Waals surface area contributed by atoms with Crippen LogP contribution >= 0.6 is 11.5 Å². The molecule has 0 radical (unpaired) electrons. The largest absolute Gasteiger partial charge is 0.264 e. The van der Waals surface area contributed by atoms with Crippen LogP contribution in [0.25, 0.3) is 32.6 Å². The molecule has 0 aliphatic carbocycles. The summed E-state index contributed by atoms with van der Waals surface area (Å²) < 4.78 is 5.73. The Morgan fingerprint density at radius 1 is 0.857 bits per heavy atom. The maximum atomic E-state index is 4.59. The Hall–Kier alpha value is -2.59. The van der Waals surface area contributed by atoms with Gasteiger partial charge in [-0.05, 0) is 29.7 Å². The summed E-state index contributed by atoms with van der Waals surface area (Å²) in [5.41, 5.74) is 4.08. The minimum Gasteiger partial charge on any atom is -0.264 e. The molecule has 21 heavy (non-hydrogen) atoms. The smallest absolute Gasteiger partial charge is 0.0934 e. The lowest BCUT2D eigenvalue weighted by molar-refractivity contribution is 1.29. The third-order valence-electron chi connectivity index (χ3n) is 3.36. The van der Waals surface area contributed by atoms with Gasteiger partial charge in [0.05, 0.1) is 16.1 Å². The number of hydrogen-bond acceptors (Lipinski definition) is 4. The van der Waals surface area contributed by atoms with Crippen LogP contribution in [0, 0.1) is 0 Å². The Morgan fingerprint density at radius 2 is 1.71 bits per heavy atom. The number of rotatable bonds is 2. The van der Waals surface area contributed by atoms with Crippen LogP contribution in [0.4, 0.5) is 0 Å². The highest BCUT2D eigenvalue weighted by Crippen LogP contribution is 2.32. The molecule has 0 aliphatic heterocycles. The first-order chi connectivity index (χ1) is 10.4. The quantitative estimate of drug-likeness (QED) is 0.548. The van der Waals surface area contributed by atoms with E-state index < -0.39 is 0 Å². The number of pyridine rings is 2. The van der Waals surface area contributed by atoms with Gasteiger partial charge in [0.25, 0.3) is 0 Å². The van der Waals surface area contributed by atoms with Crippen molar-refractivity contribution in [2.24, 2.45) is 0 Å². The van der Waals surface area contributed by atoms with Gasteiger partial charge in [-0.3, -0.25) is 9.97 Å². The Morgan fingerprint density at radius 3 is 2.52 bits per heavy atom. The van der Waals surface area contributed by atoms with E-state index in [0.717, 1.165) is 32.6 Å². The molecule has 0 saturated heterocycles. The third kappa shape index (κ3) is 2.19. The molecule has 3 aromatic heterocycles. The maximum absolute atomic E-state index is 4.59. The molecular formula is C17H11N3S. The standard InChI is InChI=1S/C17H11N3S/c1-2-5-12(6-3-1)17-14-11-19-15(9-16(14)21-20-17)13-7-4-8-18-10-13/h1-11H. The zero-order valence-corrected chi connectivity index (χ0v) is 11.9. The molecule has 0 amide bonds. The van der Waals surface area contributed by atoms with Crippen LogP contribution in [0.15, 0.2) is 67.1 Å². The van der Waals surface area contributed by atoms with Gasteiger partial charge in [-0.25, -0.2) is 0 Å². The van der Waals surface area contributed by atoms with Gasteiger partial charge in [-0.2, -0.15) is 4.37 Å². The van der Waals surface area contributed by atoms with Gasteiger partial charge in [0.15, 0.2) is 0 Å². The van der Waals surface area contributed by atoms with Gasteiger partial charge in [0.2, 0.25) is 0 Å². The number of benzene rings is 1. The number of aromatic nitrogens is 3. The molecule has 3 heterocycles. The van der Waals surface area contributed by atoms with Crippen LogP contribution in [-0.2, 0) is 0 Å². The second kappa shape index (κ2) is 5.07. The summed E-state index contributed by atoms with van der Waals surface area (Å²) in [5, 5.41) is 1.10. The number of nitrogens with zero attached hydrogens (tertiary/aromatic N) is 3. The van der Waals surface area contributed by atoms with E-state index in [1.807, 2.05) is 42.7 Å². The van der Waals surface area contributed by atoms with Gasteiger partial charge >= 0.3 is 0 Å². The lowest BCUT2D eigenvalue weighted by Gasteiger charge is -2.01. The van der Waals surface area contributed by atoms with Gasteiger partial charge in [-0.15, -0.1) is 0 Å². The fraction of sp³-hybridized carbons (Fsp3) is 0. The highest BCUT2D eigenvalue weighted by Gasteiger charge is 2.10. The first-order valence-corrected chi connectivity index (χ1v) is 7.40. The molecular weight excluding hydrogens is 278 g/mol. The SMILES string of the molecule is c1ccc(-c2nsc3cc(-c4cccnc4)ncc23)cc1. The predicted molar refractivity (Wildman–Crippen MR) is 86.1 cm³/mol. The van der Waals surface area contributed by atoms with Crippen molar-refractivity contribution in [1.29, 1.82) is 0 Å². The summed E-state index contributed by atoms with van der Waals surface area (Å²) in [6.07, 6.45) is 5.50. The van der Waals surface area contributed by atoms with Gasteiger partial charge < -0.3 is 0 Å². The molecule has 0 unspecified atom stereocenters. The molecule has 4 heteroatoms. The van der Waals surface area contributed by atoms with Crippen LogP contribution in [0.1, 0.15) is 0 Å². The second-order valence-corrected chi connectivity index (χ2v) is 5.51. The van der Waals surface area contributed by atoms with Crippen LogP contribution in [0.3, 0.4) is 0 Å². The van der Waals surface area contributed by atoms with Gasteiger partial charge in [0.1, 0.15) is 0 Å². The average Bonchev–Trinajstić information content (AvgIpc) is 2.99. The van der Waals surface area contributed by atoms with E-state index in [1.165, 1.54) is 11.5 Å².